The van der Waals surface area contributed by atoms with E-state index in [4.69, 9.17) is 4.74 Å². The van der Waals surface area contributed by atoms with Crippen LogP contribution in [0.2, 0.25) is 0 Å². The Balaban J connectivity index is 1.75. The van der Waals surface area contributed by atoms with Crippen molar-refractivity contribution in [2.45, 2.75) is 38.3 Å². The Morgan fingerprint density at radius 2 is 2.05 bits per heavy atom. The first-order valence-corrected chi connectivity index (χ1v) is 7.13. The Labute approximate surface area is 118 Å². The molecule has 1 fully saturated rings. The molecule has 1 aromatic rings. The maximum atomic E-state index is 12.5. The lowest BCUT2D eigenvalue weighted by Crippen LogP contribution is -2.46. The Morgan fingerprint density at radius 3 is 2.75 bits per heavy atom. The average molecular weight is 273 g/mol. The van der Waals surface area contributed by atoms with Crippen LogP contribution in [0.15, 0.2) is 24.3 Å². The van der Waals surface area contributed by atoms with Gasteiger partial charge in [0.15, 0.2) is 6.10 Å². The van der Waals surface area contributed by atoms with Crippen LogP contribution in [0.5, 0.6) is 0 Å². The van der Waals surface area contributed by atoms with Crippen LogP contribution in [0.1, 0.15) is 35.7 Å². The molecule has 4 nitrogen and oxygen atoms in total. The van der Waals surface area contributed by atoms with E-state index >= 15 is 0 Å². The topological polar surface area (TPSA) is 46.6 Å². The summed E-state index contributed by atoms with van der Waals surface area (Å²) in [6, 6.07) is 7.55. The second-order valence-corrected chi connectivity index (χ2v) is 5.78. The van der Waals surface area contributed by atoms with E-state index in [-0.39, 0.29) is 11.9 Å². The van der Waals surface area contributed by atoms with Crippen LogP contribution in [0.4, 0.5) is 0 Å². The molecule has 106 valence electrons. The number of carbonyl (C=O) groups excluding carboxylic acids is 2. The van der Waals surface area contributed by atoms with Crippen molar-refractivity contribution in [2.75, 3.05) is 7.05 Å². The van der Waals surface area contributed by atoms with Crippen molar-refractivity contribution in [3.63, 3.8) is 0 Å². The number of esters is 1. The summed E-state index contributed by atoms with van der Waals surface area (Å²) in [5.74, 6) is 0.125. The summed E-state index contributed by atoms with van der Waals surface area (Å²) in [6.45, 7) is 2.06. The first kappa shape index (κ1) is 13.2. The van der Waals surface area contributed by atoms with Crippen LogP contribution in [0, 0.1) is 5.92 Å². The summed E-state index contributed by atoms with van der Waals surface area (Å²) < 4.78 is 5.32. The number of ether oxygens (including phenoxy) is 1. The summed E-state index contributed by atoms with van der Waals surface area (Å²) in [5, 5.41) is 0. The maximum Gasteiger partial charge on any atom is 0.339 e. The standard InChI is InChI=1S/C16H19NO3/c1-10(11-7-8-11)17(2)15(18)14-9-12-5-3-4-6-13(12)16(19)20-14/h3-6,10-11,14H,7-9H2,1-2H3. The highest BCUT2D eigenvalue weighted by atomic mass is 16.5. The molecule has 0 spiro atoms. The van der Waals surface area contributed by atoms with E-state index in [1.54, 1.807) is 18.0 Å². The van der Waals surface area contributed by atoms with Gasteiger partial charge in [-0.1, -0.05) is 18.2 Å². The number of fused-ring (bicyclic) bond motifs is 1. The van der Waals surface area contributed by atoms with E-state index in [2.05, 4.69) is 6.92 Å². The van der Waals surface area contributed by atoms with Crippen molar-refractivity contribution in [3.8, 4) is 0 Å². The van der Waals surface area contributed by atoms with Gasteiger partial charge < -0.3 is 9.64 Å². The molecule has 1 heterocycles. The zero-order valence-corrected chi connectivity index (χ0v) is 11.8. The third kappa shape index (κ3) is 2.30. The fourth-order valence-electron chi connectivity index (χ4n) is 2.79. The number of amides is 1. The van der Waals surface area contributed by atoms with Gasteiger partial charge in [0.25, 0.3) is 5.91 Å². The predicted octanol–water partition coefficient (Wildman–Crippen LogP) is 2.02. The molecule has 0 N–H and O–H groups in total. The number of rotatable bonds is 3. The Morgan fingerprint density at radius 1 is 1.35 bits per heavy atom. The second-order valence-electron chi connectivity index (χ2n) is 5.78. The minimum Gasteiger partial charge on any atom is -0.448 e. The third-order valence-corrected chi connectivity index (χ3v) is 4.43. The summed E-state index contributed by atoms with van der Waals surface area (Å²) in [5.41, 5.74) is 1.48. The molecule has 1 saturated carbocycles. The summed E-state index contributed by atoms with van der Waals surface area (Å²) in [4.78, 5) is 26.2. The zero-order valence-electron chi connectivity index (χ0n) is 11.8. The predicted molar refractivity (Wildman–Crippen MR) is 74.3 cm³/mol. The van der Waals surface area contributed by atoms with Crippen LogP contribution >= 0.6 is 0 Å². The molecule has 0 aromatic heterocycles. The van der Waals surface area contributed by atoms with Crippen LogP contribution in [0.25, 0.3) is 0 Å². The molecule has 0 radical (unpaired) electrons. The number of hydrogen-bond donors (Lipinski definition) is 0. The van der Waals surface area contributed by atoms with Gasteiger partial charge in [0, 0.05) is 19.5 Å². The molecule has 2 aliphatic rings. The molecule has 2 atom stereocenters. The van der Waals surface area contributed by atoms with Crippen molar-refractivity contribution in [1.29, 1.82) is 0 Å². The van der Waals surface area contributed by atoms with Gasteiger partial charge in [0.05, 0.1) is 5.56 Å². The van der Waals surface area contributed by atoms with E-state index in [9.17, 15) is 9.59 Å². The Hall–Kier alpha value is -1.84. The molecule has 20 heavy (non-hydrogen) atoms. The maximum absolute atomic E-state index is 12.5. The molecule has 1 aromatic carbocycles. The van der Waals surface area contributed by atoms with Crippen LogP contribution in [0.3, 0.4) is 0 Å². The molecular formula is C16H19NO3. The molecule has 1 amide bonds. The summed E-state index contributed by atoms with van der Waals surface area (Å²) >= 11 is 0. The highest BCUT2D eigenvalue weighted by Gasteiger charge is 2.38. The minimum atomic E-state index is -0.677. The Kier molecular flexibility index (Phi) is 3.24. The van der Waals surface area contributed by atoms with E-state index < -0.39 is 12.1 Å². The summed E-state index contributed by atoms with van der Waals surface area (Å²) in [6.07, 6.45) is 2.17. The third-order valence-electron chi connectivity index (χ3n) is 4.43. The first-order chi connectivity index (χ1) is 9.58. The summed E-state index contributed by atoms with van der Waals surface area (Å²) in [7, 11) is 1.81. The SMILES string of the molecule is CC(C1CC1)N(C)C(=O)C1Cc2ccccc2C(=O)O1. The number of hydrogen-bond acceptors (Lipinski definition) is 3. The van der Waals surface area contributed by atoms with Crippen LogP contribution < -0.4 is 0 Å². The molecule has 2 unspecified atom stereocenters. The molecule has 4 heteroatoms. The molecule has 0 saturated heterocycles. The van der Waals surface area contributed by atoms with Gasteiger partial charge >= 0.3 is 5.97 Å². The van der Waals surface area contributed by atoms with Crippen molar-refractivity contribution in [3.05, 3.63) is 35.4 Å². The monoisotopic (exact) mass is 273 g/mol. The van der Waals surface area contributed by atoms with E-state index in [0.717, 1.165) is 5.56 Å². The van der Waals surface area contributed by atoms with Crippen molar-refractivity contribution in [1.82, 2.24) is 4.90 Å². The van der Waals surface area contributed by atoms with Crippen LogP contribution in [-0.4, -0.2) is 36.0 Å². The van der Waals surface area contributed by atoms with Gasteiger partial charge in [0.2, 0.25) is 0 Å². The lowest BCUT2D eigenvalue weighted by molar-refractivity contribution is -0.142. The molecule has 3 rings (SSSR count). The quantitative estimate of drug-likeness (QED) is 0.792. The highest BCUT2D eigenvalue weighted by molar-refractivity contribution is 5.95. The first-order valence-electron chi connectivity index (χ1n) is 7.13. The van der Waals surface area contributed by atoms with Crippen molar-refractivity contribution in [2.24, 2.45) is 5.92 Å². The fourth-order valence-corrected chi connectivity index (χ4v) is 2.79. The number of carbonyl (C=O) groups is 2. The fraction of sp³-hybridized carbons (Fsp3) is 0.500. The number of nitrogens with zero attached hydrogens (tertiary/aromatic N) is 1. The molecular weight excluding hydrogens is 254 g/mol. The molecule has 1 aliphatic carbocycles. The van der Waals surface area contributed by atoms with E-state index in [0.29, 0.717) is 17.9 Å². The lowest BCUT2D eigenvalue weighted by atomic mass is 9.97. The van der Waals surface area contributed by atoms with E-state index in [1.807, 2.05) is 18.2 Å². The lowest BCUT2D eigenvalue weighted by Gasteiger charge is -2.31. The van der Waals surface area contributed by atoms with Gasteiger partial charge in [0.1, 0.15) is 0 Å². The normalized spacial score (nSPS) is 22.7. The van der Waals surface area contributed by atoms with E-state index in [1.165, 1.54) is 12.8 Å². The number of cyclic esters (lactones) is 1. The largest absolute Gasteiger partial charge is 0.448 e. The molecule has 1 aliphatic heterocycles. The van der Waals surface area contributed by atoms with Crippen molar-refractivity contribution >= 4 is 11.9 Å². The number of likely N-dealkylation sites (N-methyl/N-ethyl adjacent to an activating group) is 1. The van der Waals surface area contributed by atoms with Gasteiger partial charge in [-0.3, -0.25) is 4.79 Å². The smallest absolute Gasteiger partial charge is 0.339 e. The highest BCUT2D eigenvalue weighted by Crippen LogP contribution is 2.35. The van der Waals surface area contributed by atoms with Crippen molar-refractivity contribution < 1.29 is 14.3 Å². The Bertz CT molecular complexity index is 550. The zero-order chi connectivity index (χ0) is 14.3. The number of benzene rings is 1. The van der Waals surface area contributed by atoms with Gasteiger partial charge in [-0.25, -0.2) is 4.79 Å². The van der Waals surface area contributed by atoms with Gasteiger partial charge in [-0.05, 0) is 37.3 Å². The van der Waals surface area contributed by atoms with Crippen LogP contribution in [-0.2, 0) is 16.0 Å². The van der Waals surface area contributed by atoms with Gasteiger partial charge in [-0.15, -0.1) is 0 Å². The minimum absolute atomic E-state index is 0.0905. The van der Waals surface area contributed by atoms with Gasteiger partial charge in [-0.2, -0.15) is 0 Å². The average Bonchev–Trinajstić information content (AvgIpc) is 3.29. The second kappa shape index (κ2) is 4.93. The molecule has 0 bridgehead atoms.